The molecule has 0 unspecified atom stereocenters. The molecule has 0 saturated heterocycles. The zero-order valence-corrected chi connectivity index (χ0v) is 69.9. The lowest BCUT2D eigenvalue weighted by Crippen LogP contribution is -2.02. The molecule has 0 fully saturated rings. The number of furan rings is 2. The van der Waals surface area contributed by atoms with Crippen molar-refractivity contribution in [3.63, 3.8) is 0 Å². The van der Waals surface area contributed by atoms with Crippen molar-refractivity contribution in [2.45, 2.75) is 0 Å². The van der Waals surface area contributed by atoms with E-state index in [4.69, 9.17) is 28.8 Å². The molecule has 131 heavy (non-hydrogen) atoms. The summed E-state index contributed by atoms with van der Waals surface area (Å²) >= 11 is 0. The highest BCUT2D eigenvalue weighted by Crippen LogP contribution is 2.48. The molecule has 0 atom stereocenters. The van der Waals surface area contributed by atoms with Gasteiger partial charge >= 0.3 is 0 Å². The molecule has 0 aliphatic heterocycles. The number of benzene rings is 18. The Bertz CT molecular complexity index is 9150. The van der Waals surface area contributed by atoms with Crippen molar-refractivity contribution in [1.29, 1.82) is 10.5 Å². The van der Waals surface area contributed by atoms with Crippen LogP contribution >= 0.6 is 0 Å². The van der Waals surface area contributed by atoms with Crippen molar-refractivity contribution >= 4 is 131 Å². The predicted molar refractivity (Wildman–Crippen MR) is 528 cm³/mol. The number of para-hydroxylation sites is 6. The number of nitrogens with one attached hydrogen (secondary N) is 1. The lowest BCUT2D eigenvalue weighted by atomic mass is 10.0. The van der Waals surface area contributed by atoms with Crippen molar-refractivity contribution in [3.05, 3.63) is 429 Å². The van der Waals surface area contributed by atoms with E-state index in [9.17, 15) is 14.9 Å². The van der Waals surface area contributed by atoms with Crippen LogP contribution in [-0.4, -0.2) is 48.6 Å². The Morgan fingerprint density at radius 2 is 0.557 bits per heavy atom. The first kappa shape index (κ1) is 76.4. The molecule has 0 radical (unpaired) electrons. The van der Waals surface area contributed by atoms with Gasteiger partial charge in [-0.1, -0.05) is 267 Å². The van der Waals surface area contributed by atoms with E-state index < -0.39 is 5.82 Å². The Kier molecular flexibility index (Phi) is 18.5. The van der Waals surface area contributed by atoms with E-state index in [1.54, 1.807) is 6.07 Å². The Morgan fingerprint density at radius 1 is 0.237 bits per heavy atom. The molecule has 8 aromatic heterocycles. The molecule has 0 bridgehead atoms. The highest BCUT2D eigenvalue weighted by molar-refractivity contribution is 6.31. The molecule has 0 aliphatic rings. The maximum Gasteiger partial charge on any atom is 0.164 e. The first-order valence-electron chi connectivity index (χ1n) is 43.2. The number of nitriles is 2. The number of aromatic amines is 1. The molecule has 26 aromatic rings. The average Bonchev–Trinajstić information content (AvgIpc) is 1.54. The van der Waals surface area contributed by atoms with Crippen LogP contribution in [0.3, 0.4) is 0 Å². The normalized spacial score (nSPS) is 11.5. The van der Waals surface area contributed by atoms with Gasteiger partial charge in [0.05, 0.1) is 77.0 Å². The summed E-state index contributed by atoms with van der Waals surface area (Å²) < 4.78 is 34.6. The van der Waals surface area contributed by atoms with Gasteiger partial charge in [0.2, 0.25) is 0 Å². The van der Waals surface area contributed by atoms with E-state index in [0.29, 0.717) is 51.6 Å². The Balaban J connectivity index is 0.000000124. The second-order valence-corrected chi connectivity index (χ2v) is 32.4. The van der Waals surface area contributed by atoms with E-state index in [1.165, 1.54) is 28.4 Å². The quantitative estimate of drug-likeness (QED) is 0.131. The molecular formula is C116H71FN12O2. The Hall–Kier alpha value is -18.3. The first-order chi connectivity index (χ1) is 64.8. The summed E-state index contributed by atoms with van der Waals surface area (Å²) in [5.74, 6) is 2.39. The van der Waals surface area contributed by atoms with Crippen LogP contribution in [0.25, 0.3) is 239 Å². The van der Waals surface area contributed by atoms with Crippen molar-refractivity contribution < 1.29 is 14.7 Å². The van der Waals surface area contributed by atoms with Crippen molar-refractivity contribution in [2.24, 2.45) is 0 Å². The first-order valence-corrected chi connectivity index (χ1v) is 43.2. The fourth-order valence-corrected chi connectivity index (χ4v) is 18.8. The molecule has 15 heteroatoms. The lowest BCUT2D eigenvalue weighted by Gasteiger charge is -2.13. The maximum absolute atomic E-state index is 13.9. The molecule has 1 N–H and O–H groups in total. The topological polar surface area (TPSA) is 182 Å². The van der Waals surface area contributed by atoms with Gasteiger partial charge in [0.25, 0.3) is 0 Å². The monoisotopic (exact) mass is 1680 g/mol. The molecule has 0 aliphatic carbocycles. The number of nitrogens with zero attached hydrogens (tertiary/aromatic N) is 11. The van der Waals surface area contributed by atoms with Gasteiger partial charge in [0, 0.05) is 94.8 Å². The summed E-state index contributed by atoms with van der Waals surface area (Å²) in [5.41, 5.74) is 24.7. The van der Waals surface area contributed by atoms with E-state index in [-0.39, 0.29) is 6.99 Å². The van der Waals surface area contributed by atoms with Gasteiger partial charge in [-0.3, -0.25) is 0 Å². The van der Waals surface area contributed by atoms with Crippen LogP contribution in [0.2, 0.25) is 0 Å². The van der Waals surface area contributed by atoms with E-state index in [2.05, 4.69) is 265 Å². The number of fused-ring (bicyclic) bond motifs is 22. The van der Waals surface area contributed by atoms with Crippen molar-refractivity contribution in [2.75, 3.05) is 0 Å². The van der Waals surface area contributed by atoms with E-state index in [1.807, 2.05) is 170 Å². The van der Waals surface area contributed by atoms with Crippen molar-refractivity contribution in [3.8, 4) is 120 Å². The summed E-state index contributed by atoms with van der Waals surface area (Å²) in [6.45, 7) is 0. The van der Waals surface area contributed by atoms with Gasteiger partial charge < -0.3 is 27.5 Å². The molecule has 0 spiro atoms. The summed E-state index contributed by atoms with van der Waals surface area (Å²) in [7, 11) is 0. The standard InChI is InChI=1S/C58H34N6O.C30H18N2O.C28H17FN4.H2/c59-35-41-34-40(58-61-56(37-17-6-2-7-18-37)60-57(62-58)39-20-14-19-38(33-39)36-15-4-1-5-16-36)27-30-47(41)64-49-26-13-11-24-46(49)53-51(64)32-29-44-43-28-31-50-52(54(43)65-55(44)53)45-23-10-12-25-48(45)63(50)42-21-8-3-9-22-42;1-2-8-18(9-3-1)32-25-13-7-5-11-22(25)28-26(32)17-15-20-19-14-16-24-27(29(19)33-30(20)28)21-10-4-6-12-23(21)31-24;29-25-15-14-23(17-24(25)18-30)28-32-26(20-10-5-2-6-11-20)31-27(33-28)22-13-7-12-21(16-22)19-8-3-1-4-9-19;/h1-34H;1-17,31H;1-17H;1H/i;;;1+1. The zero-order valence-electron chi connectivity index (χ0n) is 69.9. The summed E-state index contributed by atoms with van der Waals surface area (Å²) in [5, 5.41) is 33.6. The van der Waals surface area contributed by atoms with Gasteiger partial charge in [-0.15, -0.1) is 0 Å². The highest BCUT2D eigenvalue weighted by atomic mass is 19.1. The number of aromatic nitrogens is 10. The minimum Gasteiger partial charge on any atom is -0.455 e. The Labute approximate surface area is 749 Å². The van der Waals surface area contributed by atoms with E-state index in [0.717, 1.165) is 176 Å². The van der Waals surface area contributed by atoms with Crippen LogP contribution in [0.4, 0.5) is 4.39 Å². The zero-order chi connectivity index (χ0) is 87.2. The fourth-order valence-electron chi connectivity index (χ4n) is 18.8. The number of hydrogen-bond acceptors (Lipinski definition) is 10. The third-order valence-corrected chi connectivity index (χ3v) is 24.8. The molecule has 14 nitrogen and oxygen atoms in total. The van der Waals surface area contributed by atoms with Crippen LogP contribution in [-0.2, 0) is 0 Å². The van der Waals surface area contributed by atoms with Crippen LogP contribution in [0.1, 0.15) is 12.6 Å². The number of H-pyrrole nitrogens is 1. The second-order valence-electron chi connectivity index (χ2n) is 32.4. The second kappa shape index (κ2) is 31.7. The molecule has 0 saturated carbocycles. The fraction of sp³-hybridized carbons (Fsp3) is 0. The van der Waals surface area contributed by atoms with Gasteiger partial charge in [-0.05, 0) is 168 Å². The van der Waals surface area contributed by atoms with Gasteiger partial charge in [-0.25, -0.2) is 34.3 Å². The summed E-state index contributed by atoms with van der Waals surface area (Å²) in [4.78, 5) is 32.7. The maximum atomic E-state index is 13.9. The van der Waals surface area contributed by atoms with Crippen LogP contribution < -0.4 is 0 Å². The van der Waals surface area contributed by atoms with Gasteiger partial charge in [-0.2, -0.15) is 10.5 Å². The van der Waals surface area contributed by atoms with E-state index >= 15 is 0 Å². The minimum absolute atomic E-state index is 0. The minimum atomic E-state index is -0.575. The van der Waals surface area contributed by atoms with Crippen LogP contribution in [0.5, 0.6) is 0 Å². The number of rotatable bonds is 11. The molecule has 0 amide bonds. The average molecular weight is 1680 g/mol. The molecule has 8 heterocycles. The molecular weight excluding hydrogens is 1610 g/mol. The smallest absolute Gasteiger partial charge is 0.164 e. The largest absolute Gasteiger partial charge is 0.455 e. The van der Waals surface area contributed by atoms with Gasteiger partial charge in [0.1, 0.15) is 40.3 Å². The Morgan fingerprint density at radius 3 is 0.992 bits per heavy atom. The predicted octanol–water partition coefficient (Wildman–Crippen LogP) is 29.6. The molecule has 26 rings (SSSR count). The molecule has 18 aromatic carbocycles. The lowest BCUT2D eigenvalue weighted by molar-refractivity contribution is 0.624. The summed E-state index contributed by atoms with van der Waals surface area (Å²) in [6, 6.07) is 143. The SMILES string of the molecule is N#Cc1cc(-c2nc(-c3ccccc3)nc(-c3cccc(-c4ccccc4)c3)n2)ccc1-n1c2ccccc2c2c3oc4c(ccc5c4c4ccccc4n5-c4ccccc4)c3ccc21.N#Cc1cc(-c2nc(-c3ccccc3)nc(-c3cccc(-c4ccccc4)c3)n2)ccc1F.[2HH].c1ccc(-n2c3ccccc3c3c4oc5c(ccc6[nH]c7ccccc7c65)c4ccc32)cc1. The molecule has 614 valence electrons. The number of hydrogen-bond donors (Lipinski definition) is 1. The third-order valence-electron chi connectivity index (χ3n) is 24.8. The van der Waals surface area contributed by atoms with Crippen molar-refractivity contribution in [1.82, 2.24) is 48.6 Å². The third kappa shape index (κ3) is 13.1. The number of halogens is 1. The highest BCUT2D eigenvalue weighted by Gasteiger charge is 2.27. The van der Waals surface area contributed by atoms with Gasteiger partial charge in [0.15, 0.2) is 34.9 Å². The van der Waals surface area contributed by atoms with Crippen LogP contribution in [0, 0.1) is 28.5 Å². The summed E-state index contributed by atoms with van der Waals surface area (Å²) in [6.07, 6.45) is 0. The van der Waals surface area contributed by atoms with Crippen LogP contribution in [0.15, 0.2) is 421 Å².